The van der Waals surface area contributed by atoms with E-state index >= 15 is 0 Å². The summed E-state index contributed by atoms with van der Waals surface area (Å²) >= 11 is 5.90. The SMILES string of the molecule is O=C(NC[C@H]1COc2ccccc2O1)[C@@H]1CCCN(C(=O)c2ccc(Cl)cc2)C1. The van der Waals surface area contributed by atoms with Crippen molar-refractivity contribution in [1.82, 2.24) is 10.2 Å². The molecule has 1 N–H and O–H groups in total. The number of likely N-dealkylation sites (tertiary alicyclic amines) is 1. The second-order valence-electron chi connectivity index (χ2n) is 7.34. The molecule has 2 aliphatic rings. The monoisotopic (exact) mass is 414 g/mol. The van der Waals surface area contributed by atoms with Crippen molar-refractivity contribution < 1.29 is 19.1 Å². The molecule has 4 rings (SSSR count). The Morgan fingerprint density at radius 3 is 2.66 bits per heavy atom. The number of nitrogens with one attached hydrogen (secondary N) is 1. The molecule has 0 aromatic heterocycles. The minimum Gasteiger partial charge on any atom is -0.486 e. The van der Waals surface area contributed by atoms with Gasteiger partial charge in [-0.2, -0.15) is 0 Å². The summed E-state index contributed by atoms with van der Waals surface area (Å²) < 4.78 is 11.6. The Bertz CT molecular complexity index is 887. The zero-order chi connectivity index (χ0) is 20.2. The number of carbonyl (C=O) groups is 2. The molecule has 2 aliphatic heterocycles. The van der Waals surface area contributed by atoms with Gasteiger partial charge in [-0.15, -0.1) is 0 Å². The van der Waals surface area contributed by atoms with Gasteiger partial charge in [0.15, 0.2) is 11.5 Å². The number of hydrogen-bond acceptors (Lipinski definition) is 4. The molecule has 7 heteroatoms. The van der Waals surface area contributed by atoms with Crippen LogP contribution in [0.3, 0.4) is 0 Å². The summed E-state index contributed by atoms with van der Waals surface area (Å²) in [7, 11) is 0. The molecule has 0 bridgehead atoms. The highest BCUT2D eigenvalue weighted by Gasteiger charge is 2.30. The van der Waals surface area contributed by atoms with E-state index in [1.807, 2.05) is 24.3 Å². The molecule has 29 heavy (non-hydrogen) atoms. The highest BCUT2D eigenvalue weighted by atomic mass is 35.5. The summed E-state index contributed by atoms with van der Waals surface area (Å²) in [6, 6.07) is 14.3. The van der Waals surface area contributed by atoms with Crippen LogP contribution >= 0.6 is 11.6 Å². The number of hydrogen-bond donors (Lipinski definition) is 1. The quantitative estimate of drug-likeness (QED) is 0.834. The lowest BCUT2D eigenvalue weighted by atomic mass is 9.96. The minimum atomic E-state index is -0.232. The van der Waals surface area contributed by atoms with E-state index in [1.165, 1.54) is 0 Å². The highest BCUT2D eigenvalue weighted by Crippen LogP contribution is 2.30. The van der Waals surface area contributed by atoms with Gasteiger partial charge in [0.25, 0.3) is 5.91 Å². The molecule has 2 amide bonds. The van der Waals surface area contributed by atoms with Crippen LogP contribution in [0.5, 0.6) is 11.5 Å². The Balaban J connectivity index is 1.30. The Morgan fingerprint density at radius 2 is 1.86 bits per heavy atom. The number of benzene rings is 2. The van der Waals surface area contributed by atoms with Gasteiger partial charge in [0.2, 0.25) is 5.91 Å². The molecule has 2 atom stereocenters. The summed E-state index contributed by atoms with van der Waals surface area (Å²) in [6.45, 7) is 1.83. The van der Waals surface area contributed by atoms with Gasteiger partial charge in [-0.05, 0) is 49.2 Å². The van der Waals surface area contributed by atoms with Crippen molar-refractivity contribution in [1.29, 1.82) is 0 Å². The Labute approximate surface area is 174 Å². The molecule has 152 valence electrons. The normalized spacial score (nSPS) is 20.8. The zero-order valence-corrected chi connectivity index (χ0v) is 16.7. The van der Waals surface area contributed by atoms with E-state index in [9.17, 15) is 9.59 Å². The van der Waals surface area contributed by atoms with E-state index in [0.717, 1.165) is 18.6 Å². The van der Waals surface area contributed by atoms with Crippen molar-refractivity contribution in [2.75, 3.05) is 26.2 Å². The van der Waals surface area contributed by atoms with E-state index in [-0.39, 0.29) is 23.8 Å². The maximum Gasteiger partial charge on any atom is 0.253 e. The first-order valence-electron chi connectivity index (χ1n) is 9.81. The molecule has 2 aromatic rings. The second-order valence-corrected chi connectivity index (χ2v) is 7.78. The summed E-state index contributed by atoms with van der Waals surface area (Å²) in [6.07, 6.45) is 1.33. The largest absolute Gasteiger partial charge is 0.486 e. The van der Waals surface area contributed by atoms with Crippen molar-refractivity contribution in [2.45, 2.75) is 18.9 Å². The molecule has 0 saturated carbocycles. The van der Waals surface area contributed by atoms with Crippen molar-refractivity contribution in [2.24, 2.45) is 5.92 Å². The second kappa shape index (κ2) is 8.74. The number of ether oxygens (including phenoxy) is 2. The number of rotatable bonds is 4. The molecular formula is C22H23ClN2O4. The molecule has 6 nitrogen and oxygen atoms in total. The molecular weight excluding hydrogens is 392 g/mol. The third-order valence-corrected chi connectivity index (χ3v) is 5.49. The van der Waals surface area contributed by atoms with Crippen LogP contribution in [0.15, 0.2) is 48.5 Å². The van der Waals surface area contributed by atoms with Crippen molar-refractivity contribution in [3.05, 3.63) is 59.1 Å². The van der Waals surface area contributed by atoms with Crippen LogP contribution in [0.25, 0.3) is 0 Å². The maximum atomic E-state index is 12.7. The number of nitrogens with zero attached hydrogens (tertiary/aromatic N) is 1. The van der Waals surface area contributed by atoms with Crippen molar-refractivity contribution in [3.8, 4) is 11.5 Å². The molecule has 0 unspecified atom stereocenters. The third-order valence-electron chi connectivity index (χ3n) is 5.24. The molecule has 2 heterocycles. The highest BCUT2D eigenvalue weighted by molar-refractivity contribution is 6.30. The van der Waals surface area contributed by atoms with Gasteiger partial charge >= 0.3 is 0 Å². The Morgan fingerprint density at radius 1 is 1.10 bits per heavy atom. The molecule has 0 spiro atoms. The van der Waals surface area contributed by atoms with E-state index < -0.39 is 0 Å². The van der Waals surface area contributed by atoms with Gasteiger partial charge in [0.1, 0.15) is 12.7 Å². The van der Waals surface area contributed by atoms with Crippen LogP contribution in [0, 0.1) is 5.92 Å². The smallest absolute Gasteiger partial charge is 0.253 e. The lowest BCUT2D eigenvalue weighted by Gasteiger charge is -2.33. The lowest BCUT2D eigenvalue weighted by Crippen LogP contribution is -2.48. The van der Waals surface area contributed by atoms with Gasteiger partial charge in [0.05, 0.1) is 12.5 Å². The van der Waals surface area contributed by atoms with E-state index in [2.05, 4.69) is 5.32 Å². The van der Waals surface area contributed by atoms with Crippen molar-refractivity contribution in [3.63, 3.8) is 0 Å². The van der Waals surface area contributed by atoms with E-state index in [1.54, 1.807) is 29.2 Å². The van der Waals surface area contributed by atoms with Crippen LogP contribution in [0.4, 0.5) is 0 Å². The molecule has 0 aliphatic carbocycles. The number of para-hydroxylation sites is 2. The van der Waals surface area contributed by atoms with Gasteiger partial charge in [-0.1, -0.05) is 23.7 Å². The predicted molar refractivity (Wildman–Crippen MR) is 109 cm³/mol. The Kier molecular flexibility index (Phi) is 5.90. The number of piperidine rings is 1. The third kappa shape index (κ3) is 4.65. The van der Waals surface area contributed by atoms with Gasteiger partial charge in [-0.25, -0.2) is 0 Å². The van der Waals surface area contributed by atoms with Gasteiger partial charge in [-0.3, -0.25) is 9.59 Å². The lowest BCUT2D eigenvalue weighted by molar-refractivity contribution is -0.126. The average Bonchev–Trinajstić information content (AvgIpc) is 2.77. The summed E-state index contributed by atoms with van der Waals surface area (Å²) in [5, 5.41) is 3.55. The summed E-state index contributed by atoms with van der Waals surface area (Å²) in [5.74, 6) is 1.06. The van der Waals surface area contributed by atoms with Crippen LogP contribution in [0.2, 0.25) is 5.02 Å². The van der Waals surface area contributed by atoms with E-state index in [0.29, 0.717) is 42.6 Å². The fourth-order valence-corrected chi connectivity index (χ4v) is 3.80. The molecule has 0 radical (unpaired) electrons. The fraction of sp³-hybridized carbons (Fsp3) is 0.364. The van der Waals surface area contributed by atoms with Crippen LogP contribution < -0.4 is 14.8 Å². The fourth-order valence-electron chi connectivity index (χ4n) is 3.67. The van der Waals surface area contributed by atoms with Crippen LogP contribution in [-0.4, -0.2) is 49.1 Å². The standard InChI is InChI=1S/C22H23ClN2O4/c23-17-9-7-15(8-10-17)22(27)25-11-3-4-16(13-25)21(26)24-12-18-14-28-19-5-1-2-6-20(19)29-18/h1-2,5-10,16,18H,3-4,11-14H2,(H,24,26)/t16-,18+/m1/s1. The van der Waals surface area contributed by atoms with E-state index in [4.69, 9.17) is 21.1 Å². The number of fused-ring (bicyclic) bond motifs is 1. The number of amides is 2. The first kappa shape index (κ1) is 19.6. The molecule has 2 aromatic carbocycles. The minimum absolute atomic E-state index is 0.0546. The van der Waals surface area contributed by atoms with Gasteiger partial charge < -0.3 is 19.7 Å². The van der Waals surface area contributed by atoms with Crippen LogP contribution in [-0.2, 0) is 4.79 Å². The van der Waals surface area contributed by atoms with Gasteiger partial charge in [0, 0.05) is 23.7 Å². The van der Waals surface area contributed by atoms with Crippen molar-refractivity contribution >= 4 is 23.4 Å². The first-order valence-corrected chi connectivity index (χ1v) is 10.2. The maximum absolute atomic E-state index is 12.7. The summed E-state index contributed by atoms with van der Waals surface area (Å²) in [4.78, 5) is 27.1. The number of halogens is 1. The summed E-state index contributed by atoms with van der Waals surface area (Å²) in [5.41, 5.74) is 0.585. The molecule has 1 fully saturated rings. The predicted octanol–water partition coefficient (Wildman–Crippen LogP) is 3.15. The van der Waals surface area contributed by atoms with Crippen LogP contribution in [0.1, 0.15) is 23.2 Å². The molecule has 1 saturated heterocycles. The topological polar surface area (TPSA) is 67.9 Å². The number of carbonyl (C=O) groups excluding carboxylic acids is 2. The average molecular weight is 415 g/mol. The Hall–Kier alpha value is -2.73. The zero-order valence-electron chi connectivity index (χ0n) is 16.0. The first-order chi connectivity index (χ1) is 14.1.